The number of anilines is 1. The Morgan fingerprint density at radius 2 is 1.88 bits per heavy atom. The highest BCUT2D eigenvalue weighted by Crippen LogP contribution is 2.23. The van der Waals surface area contributed by atoms with E-state index in [1.807, 2.05) is 0 Å². The molecule has 1 N–H and O–H groups in total. The van der Waals surface area contributed by atoms with Crippen LogP contribution < -0.4 is 5.32 Å². The second-order valence-corrected chi connectivity index (χ2v) is 4.04. The molecule has 1 fully saturated rings. The maximum absolute atomic E-state index is 12.7. The molecule has 1 aliphatic rings. The topological polar surface area (TPSA) is 21.3 Å². The van der Waals surface area contributed by atoms with E-state index in [0.29, 0.717) is 5.92 Å². The largest absolute Gasteiger partial charge is 0.381 e. The number of allylic oxidation sites excluding steroid dienone is 1. The zero-order valence-corrected chi connectivity index (χ0v) is 9.21. The number of rotatable bonds is 3. The summed E-state index contributed by atoms with van der Waals surface area (Å²) in [7, 11) is 0. The Hall–Kier alpha value is -1.35. The van der Waals surface area contributed by atoms with Gasteiger partial charge in [0.05, 0.1) is 0 Å². The molecule has 0 atom stereocenters. The summed E-state index contributed by atoms with van der Waals surface area (Å²) in [5.74, 6) is 0.237. The molecule has 0 radical (unpaired) electrons. The average Bonchev–Trinajstić information content (AvgIpc) is 2.33. The Bertz CT molecular complexity index is 355. The lowest BCUT2D eigenvalue weighted by Crippen LogP contribution is -2.20. The van der Waals surface area contributed by atoms with Gasteiger partial charge in [0.2, 0.25) is 0 Å². The summed E-state index contributed by atoms with van der Waals surface area (Å²) < 4.78 is 18.0. The van der Waals surface area contributed by atoms with Gasteiger partial charge in [-0.1, -0.05) is 6.58 Å². The fourth-order valence-corrected chi connectivity index (χ4v) is 1.87. The van der Waals surface area contributed by atoms with Crippen LogP contribution in [0.1, 0.15) is 12.8 Å². The first-order chi connectivity index (χ1) is 7.75. The summed E-state index contributed by atoms with van der Waals surface area (Å²) in [5, 5.41) is 3.22. The van der Waals surface area contributed by atoms with Gasteiger partial charge in [-0.25, -0.2) is 4.39 Å². The number of halogens is 1. The molecule has 0 unspecified atom stereocenters. The Morgan fingerprint density at radius 1 is 1.25 bits per heavy atom. The molecule has 2 rings (SSSR count). The minimum absolute atomic E-state index is 0.220. The summed E-state index contributed by atoms with van der Waals surface area (Å²) in [6.07, 6.45) is 2.01. The van der Waals surface area contributed by atoms with Crippen LogP contribution in [-0.4, -0.2) is 13.2 Å². The van der Waals surface area contributed by atoms with Crippen molar-refractivity contribution in [1.29, 1.82) is 0 Å². The molecular weight excluding hydrogens is 205 g/mol. The van der Waals surface area contributed by atoms with Crippen molar-refractivity contribution in [2.45, 2.75) is 12.8 Å². The zero-order valence-electron chi connectivity index (χ0n) is 9.21. The molecule has 2 nitrogen and oxygen atoms in total. The Morgan fingerprint density at radius 3 is 2.50 bits per heavy atom. The summed E-state index contributed by atoms with van der Waals surface area (Å²) in [5.41, 5.74) is 1.88. The van der Waals surface area contributed by atoms with Crippen LogP contribution in [-0.2, 0) is 4.74 Å². The quantitative estimate of drug-likeness (QED) is 0.846. The summed E-state index contributed by atoms with van der Waals surface area (Å²) in [6, 6.07) is 6.33. The number of hydrogen-bond donors (Lipinski definition) is 1. The lowest BCUT2D eigenvalue weighted by molar-refractivity contribution is 0.0761. The maximum atomic E-state index is 12.7. The van der Waals surface area contributed by atoms with Crippen molar-refractivity contribution < 1.29 is 9.13 Å². The maximum Gasteiger partial charge on any atom is 0.123 e. The molecule has 1 aromatic rings. The van der Waals surface area contributed by atoms with Gasteiger partial charge in [-0.2, -0.15) is 0 Å². The van der Waals surface area contributed by atoms with Crippen molar-refractivity contribution in [2.75, 3.05) is 18.5 Å². The van der Waals surface area contributed by atoms with E-state index in [0.717, 1.165) is 37.4 Å². The highest BCUT2D eigenvalue weighted by Gasteiger charge is 2.16. The first-order valence-corrected chi connectivity index (χ1v) is 5.55. The summed E-state index contributed by atoms with van der Waals surface area (Å²) >= 11 is 0. The molecule has 0 bridgehead atoms. The molecule has 1 aromatic carbocycles. The third-order valence-corrected chi connectivity index (χ3v) is 2.86. The smallest absolute Gasteiger partial charge is 0.123 e. The van der Waals surface area contributed by atoms with Gasteiger partial charge in [0.25, 0.3) is 0 Å². The normalized spacial score (nSPS) is 17.1. The molecule has 16 heavy (non-hydrogen) atoms. The second-order valence-electron chi connectivity index (χ2n) is 4.04. The van der Waals surface area contributed by atoms with E-state index in [1.165, 1.54) is 12.1 Å². The van der Waals surface area contributed by atoms with Crippen molar-refractivity contribution in [3.8, 4) is 0 Å². The zero-order chi connectivity index (χ0) is 11.4. The summed E-state index contributed by atoms with van der Waals surface area (Å²) in [6.45, 7) is 5.64. The van der Waals surface area contributed by atoms with E-state index in [2.05, 4.69) is 11.9 Å². The molecular formula is C13H16FNO. The van der Waals surface area contributed by atoms with E-state index in [4.69, 9.17) is 4.74 Å². The van der Waals surface area contributed by atoms with Crippen LogP contribution in [0.2, 0.25) is 0 Å². The third-order valence-electron chi connectivity index (χ3n) is 2.86. The molecule has 0 spiro atoms. The first-order valence-electron chi connectivity index (χ1n) is 5.55. The van der Waals surface area contributed by atoms with E-state index >= 15 is 0 Å². The van der Waals surface area contributed by atoms with Gasteiger partial charge in [0, 0.05) is 30.5 Å². The predicted octanol–water partition coefficient (Wildman–Crippen LogP) is 3.18. The Balaban J connectivity index is 1.93. The van der Waals surface area contributed by atoms with Crippen LogP contribution >= 0.6 is 0 Å². The van der Waals surface area contributed by atoms with E-state index < -0.39 is 0 Å². The average molecular weight is 221 g/mol. The summed E-state index contributed by atoms with van der Waals surface area (Å²) in [4.78, 5) is 0. The van der Waals surface area contributed by atoms with E-state index in [9.17, 15) is 4.39 Å². The fraction of sp³-hybridized carbons (Fsp3) is 0.385. The number of nitrogens with one attached hydrogen (secondary N) is 1. The lowest BCUT2D eigenvalue weighted by Gasteiger charge is -2.24. The molecule has 0 aliphatic carbocycles. The lowest BCUT2D eigenvalue weighted by atomic mass is 9.97. The minimum atomic E-state index is -0.220. The molecule has 86 valence electrons. The predicted molar refractivity (Wildman–Crippen MR) is 62.7 cm³/mol. The van der Waals surface area contributed by atoms with Crippen LogP contribution in [0.3, 0.4) is 0 Å². The van der Waals surface area contributed by atoms with Gasteiger partial charge >= 0.3 is 0 Å². The van der Waals surface area contributed by atoms with Crippen molar-refractivity contribution >= 4 is 5.69 Å². The van der Waals surface area contributed by atoms with Crippen LogP contribution in [0.4, 0.5) is 10.1 Å². The number of benzene rings is 1. The fourth-order valence-electron chi connectivity index (χ4n) is 1.87. The standard InChI is InChI=1S/C13H16FNO/c1-10(11-6-8-16-9-7-11)15-13-4-2-12(14)3-5-13/h2-5,11,15H,1,6-9H2. The SMILES string of the molecule is C=C(Nc1ccc(F)cc1)C1CCOCC1. The van der Waals surface area contributed by atoms with Gasteiger partial charge < -0.3 is 10.1 Å². The molecule has 3 heteroatoms. The van der Waals surface area contributed by atoms with Crippen molar-refractivity contribution in [1.82, 2.24) is 0 Å². The number of hydrogen-bond acceptors (Lipinski definition) is 2. The molecule has 1 saturated heterocycles. The van der Waals surface area contributed by atoms with Crippen LogP contribution in [0.5, 0.6) is 0 Å². The van der Waals surface area contributed by atoms with Crippen LogP contribution in [0, 0.1) is 11.7 Å². The highest BCUT2D eigenvalue weighted by atomic mass is 19.1. The van der Waals surface area contributed by atoms with Gasteiger partial charge in [-0.3, -0.25) is 0 Å². The van der Waals surface area contributed by atoms with Crippen molar-refractivity contribution in [3.05, 3.63) is 42.4 Å². The van der Waals surface area contributed by atoms with Gasteiger partial charge in [-0.15, -0.1) is 0 Å². The second kappa shape index (κ2) is 5.12. The van der Waals surface area contributed by atoms with E-state index in [1.54, 1.807) is 12.1 Å². The first kappa shape index (κ1) is 11.1. The van der Waals surface area contributed by atoms with Crippen LogP contribution in [0.25, 0.3) is 0 Å². The van der Waals surface area contributed by atoms with Crippen LogP contribution in [0.15, 0.2) is 36.5 Å². The molecule has 0 amide bonds. The molecule has 0 saturated carbocycles. The minimum Gasteiger partial charge on any atom is -0.381 e. The van der Waals surface area contributed by atoms with Crippen molar-refractivity contribution in [2.24, 2.45) is 5.92 Å². The molecule has 1 aliphatic heterocycles. The number of ether oxygens (including phenoxy) is 1. The molecule has 1 heterocycles. The van der Waals surface area contributed by atoms with E-state index in [-0.39, 0.29) is 5.82 Å². The van der Waals surface area contributed by atoms with Gasteiger partial charge in [0.15, 0.2) is 0 Å². The highest BCUT2D eigenvalue weighted by molar-refractivity contribution is 5.47. The molecule has 0 aromatic heterocycles. The Kier molecular flexibility index (Phi) is 3.57. The monoisotopic (exact) mass is 221 g/mol. The Labute approximate surface area is 95.1 Å². The third kappa shape index (κ3) is 2.83. The van der Waals surface area contributed by atoms with Gasteiger partial charge in [0.1, 0.15) is 5.82 Å². The van der Waals surface area contributed by atoms with Crippen molar-refractivity contribution in [3.63, 3.8) is 0 Å². The van der Waals surface area contributed by atoms with Gasteiger partial charge in [-0.05, 0) is 37.1 Å².